The molecule has 0 unspecified atom stereocenters. The van der Waals surface area contributed by atoms with Crippen LogP contribution in [0.1, 0.15) is 39.5 Å². The second kappa shape index (κ2) is 5.26. The zero-order valence-electron chi connectivity index (χ0n) is 10.8. The molecule has 0 radical (unpaired) electrons. The van der Waals surface area contributed by atoms with Crippen LogP contribution in [0.4, 0.5) is 0 Å². The number of hydrogen-bond donors (Lipinski definition) is 0. The molecule has 0 aliphatic heterocycles. The fraction of sp³-hybridized carbons (Fsp3) is 0.615. The van der Waals surface area contributed by atoms with E-state index in [0.717, 1.165) is 25.7 Å². The molecule has 0 aromatic carbocycles. The molecule has 1 saturated carbocycles. The third kappa shape index (κ3) is 2.83. The van der Waals surface area contributed by atoms with E-state index in [-0.39, 0.29) is 16.4 Å². The normalized spacial score (nSPS) is 17.3. The molecule has 100 valence electrons. The van der Waals surface area contributed by atoms with Crippen LogP contribution >= 0.6 is 0 Å². The van der Waals surface area contributed by atoms with E-state index in [0.29, 0.717) is 5.75 Å². The number of pyridine rings is 1. The molecule has 4 nitrogen and oxygen atoms in total. The molecule has 18 heavy (non-hydrogen) atoms. The minimum atomic E-state index is -3.25. The van der Waals surface area contributed by atoms with Crippen molar-refractivity contribution in [2.24, 2.45) is 0 Å². The summed E-state index contributed by atoms with van der Waals surface area (Å²) in [5, 5.41) is -0.0765. The number of rotatable bonds is 4. The van der Waals surface area contributed by atoms with Crippen molar-refractivity contribution in [3.8, 4) is 5.75 Å². The number of hydrogen-bond acceptors (Lipinski definition) is 4. The van der Waals surface area contributed by atoms with E-state index in [1.807, 2.05) is 13.8 Å². The highest BCUT2D eigenvalue weighted by Gasteiger charge is 2.31. The summed E-state index contributed by atoms with van der Waals surface area (Å²) in [5.41, 5.74) is 0. The van der Waals surface area contributed by atoms with Crippen molar-refractivity contribution in [1.82, 2.24) is 4.98 Å². The summed E-state index contributed by atoms with van der Waals surface area (Å²) >= 11 is 0. The molecule has 1 fully saturated rings. The summed E-state index contributed by atoms with van der Waals surface area (Å²) in [5.74, 6) is 0.607. The average Bonchev–Trinajstić information content (AvgIpc) is 2.83. The SMILES string of the molecule is CC(C)Oc1ccc(S(=O)(=O)C2CCCC2)nc1. The van der Waals surface area contributed by atoms with Gasteiger partial charge in [0.05, 0.1) is 17.6 Å². The number of ether oxygens (including phenoxy) is 1. The Kier molecular flexibility index (Phi) is 3.90. The van der Waals surface area contributed by atoms with Gasteiger partial charge in [-0.1, -0.05) is 12.8 Å². The molecular weight excluding hydrogens is 250 g/mol. The third-order valence-electron chi connectivity index (χ3n) is 3.11. The highest BCUT2D eigenvalue weighted by molar-refractivity contribution is 7.92. The summed E-state index contributed by atoms with van der Waals surface area (Å²) < 4.78 is 30.0. The van der Waals surface area contributed by atoms with Crippen molar-refractivity contribution in [2.45, 2.75) is 55.9 Å². The predicted octanol–water partition coefficient (Wildman–Crippen LogP) is 2.59. The first-order valence-electron chi connectivity index (χ1n) is 6.37. The molecule has 0 atom stereocenters. The van der Waals surface area contributed by atoms with Crippen LogP contribution < -0.4 is 4.74 Å². The quantitative estimate of drug-likeness (QED) is 0.843. The van der Waals surface area contributed by atoms with Crippen molar-refractivity contribution >= 4 is 9.84 Å². The van der Waals surface area contributed by atoms with Gasteiger partial charge < -0.3 is 4.74 Å². The Morgan fingerprint density at radius 2 is 1.94 bits per heavy atom. The first kappa shape index (κ1) is 13.3. The molecule has 2 rings (SSSR count). The van der Waals surface area contributed by atoms with Crippen molar-refractivity contribution < 1.29 is 13.2 Å². The van der Waals surface area contributed by atoms with Gasteiger partial charge in [-0.25, -0.2) is 13.4 Å². The second-order valence-electron chi connectivity index (χ2n) is 4.95. The van der Waals surface area contributed by atoms with Crippen molar-refractivity contribution in [3.05, 3.63) is 18.3 Å². The van der Waals surface area contributed by atoms with E-state index < -0.39 is 9.84 Å². The molecule has 1 aliphatic rings. The van der Waals surface area contributed by atoms with Gasteiger partial charge in [-0.15, -0.1) is 0 Å². The zero-order valence-corrected chi connectivity index (χ0v) is 11.6. The van der Waals surface area contributed by atoms with Gasteiger partial charge in [-0.3, -0.25) is 0 Å². The largest absolute Gasteiger partial charge is 0.489 e. The topological polar surface area (TPSA) is 56.3 Å². The van der Waals surface area contributed by atoms with Gasteiger partial charge >= 0.3 is 0 Å². The molecule has 0 bridgehead atoms. The van der Waals surface area contributed by atoms with Gasteiger partial charge in [0.15, 0.2) is 14.9 Å². The van der Waals surface area contributed by atoms with E-state index in [2.05, 4.69) is 4.98 Å². The van der Waals surface area contributed by atoms with E-state index >= 15 is 0 Å². The second-order valence-corrected chi connectivity index (χ2v) is 7.13. The lowest BCUT2D eigenvalue weighted by molar-refractivity contribution is 0.241. The molecule has 1 aromatic rings. The lowest BCUT2D eigenvalue weighted by Crippen LogP contribution is -2.19. The molecule has 0 N–H and O–H groups in total. The summed E-state index contributed by atoms with van der Waals surface area (Å²) in [4.78, 5) is 4.04. The maximum atomic E-state index is 12.3. The maximum Gasteiger partial charge on any atom is 0.198 e. The summed E-state index contributed by atoms with van der Waals surface area (Å²) in [7, 11) is -3.25. The summed E-state index contributed by atoms with van der Waals surface area (Å²) in [6.07, 6.45) is 5.06. The molecular formula is C13H19NO3S. The zero-order chi connectivity index (χ0) is 13.2. The summed E-state index contributed by atoms with van der Waals surface area (Å²) in [6, 6.07) is 3.22. The van der Waals surface area contributed by atoms with Crippen molar-refractivity contribution in [2.75, 3.05) is 0 Å². The van der Waals surface area contributed by atoms with Crippen LogP contribution in [0.3, 0.4) is 0 Å². The van der Waals surface area contributed by atoms with Crippen LogP contribution in [0, 0.1) is 0 Å². The van der Waals surface area contributed by atoms with E-state index in [9.17, 15) is 8.42 Å². The Hall–Kier alpha value is -1.10. The van der Waals surface area contributed by atoms with Gasteiger partial charge in [0.25, 0.3) is 0 Å². The highest BCUT2D eigenvalue weighted by atomic mass is 32.2. The molecule has 0 spiro atoms. The van der Waals surface area contributed by atoms with Crippen molar-refractivity contribution in [3.63, 3.8) is 0 Å². The van der Waals surface area contributed by atoms with Gasteiger partial charge in [0, 0.05) is 0 Å². The first-order chi connectivity index (χ1) is 8.50. The minimum absolute atomic E-state index is 0.0593. The van der Waals surface area contributed by atoms with Crippen LogP contribution in [-0.4, -0.2) is 24.8 Å². The van der Waals surface area contributed by atoms with Crippen LogP contribution in [0.2, 0.25) is 0 Å². The predicted molar refractivity (Wildman–Crippen MR) is 69.4 cm³/mol. The molecule has 1 heterocycles. The van der Waals surface area contributed by atoms with Crippen LogP contribution in [0.5, 0.6) is 5.75 Å². The maximum absolute atomic E-state index is 12.3. The lowest BCUT2D eigenvalue weighted by Gasteiger charge is -2.12. The van der Waals surface area contributed by atoms with E-state index in [4.69, 9.17) is 4.74 Å². The molecule has 1 aromatic heterocycles. The first-order valence-corrected chi connectivity index (χ1v) is 7.91. The van der Waals surface area contributed by atoms with Gasteiger partial charge in [0.1, 0.15) is 5.75 Å². The lowest BCUT2D eigenvalue weighted by atomic mass is 10.4. The van der Waals surface area contributed by atoms with E-state index in [1.165, 1.54) is 6.20 Å². The Labute approximate surface area is 108 Å². The molecule has 1 aliphatic carbocycles. The average molecular weight is 269 g/mol. The van der Waals surface area contributed by atoms with Crippen LogP contribution in [-0.2, 0) is 9.84 Å². The Morgan fingerprint density at radius 3 is 2.44 bits per heavy atom. The minimum Gasteiger partial charge on any atom is -0.489 e. The Bertz CT molecular complexity index is 487. The fourth-order valence-electron chi connectivity index (χ4n) is 2.25. The van der Waals surface area contributed by atoms with Gasteiger partial charge in [-0.05, 0) is 38.8 Å². The number of sulfone groups is 1. The van der Waals surface area contributed by atoms with Crippen LogP contribution in [0.15, 0.2) is 23.4 Å². The molecule has 5 heteroatoms. The number of aromatic nitrogens is 1. The Morgan fingerprint density at radius 1 is 1.28 bits per heavy atom. The smallest absolute Gasteiger partial charge is 0.198 e. The van der Waals surface area contributed by atoms with Crippen molar-refractivity contribution in [1.29, 1.82) is 0 Å². The summed E-state index contributed by atoms with van der Waals surface area (Å²) in [6.45, 7) is 3.84. The van der Waals surface area contributed by atoms with Crippen LogP contribution in [0.25, 0.3) is 0 Å². The molecule has 0 saturated heterocycles. The highest BCUT2D eigenvalue weighted by Crippen LogP contribution is 2.29. The van der Waals surface area contributed by atoms with Gasteiger partial charge in [0.2, 0.25) is 0 Å². The standard InChI is InChI=1S/C13H19NO3S/c1-10(2)17-11-7-8-13(14-9-11)18(15,16)12-5-3-4-6-12/h7-10,12H,3-6H2,1-2H3. The van der Waals surface area contributed by atoms with Gasteiger partial charge in [-0.2, -0.15) is 0 Å². The fourth-order valence-corrected chi connectivity index (χ4v) is 4.00. The molecule has 0 amide bonds. The van der Waals surface area contributed by atoms with E-state index in [1.54, 1.807) is 12.1 Å². The Balaban J connectivity index is 2.18. The monoisotopic (exact) mass is 269 g/mol. The number of nitrogens with zero attached hydrogens (tertiary/aromatic N) is 1. The third-order valence-corrected chi connectivity index (χ3v) is 5.29.